The molecule has 0 fully saturated rings. The molecule has 1 heterocycles. The van der Waals surface area contributed by atoms with Gasteiger partial charge in [-0.25, -0.2) is 18.6 Å². The van der Waals surface area contributed by atoms with E-state index in [1.54, 1.807) is 44.4 Å². The fraction of sp³-hybridized carbons (Fsp3) is 0.458. The van der Waals surface area contributed by atoms with Gasteiger partial charge in [-0.3, -0.25) is 9.10 Å². The molecule has 0 bridgehead atoms. The summed E-state index contributed by atoms with van der Waals surface area (Å²) in [5.74, 6) is 0.291. The number of carbonyl (C=O) groups is 1. The molecule has 2 aromatic rings. The minimum Gasteiger partial charge on any atom is -0.349 e. The molecule has 1 aromatic heterocycles. The van der Waals surface area contributed by atoms with Crippen molar-refractivity contribution in [1.82, 2.24) is 14.9 Å². The second kappa shape index (κ2) is 11.9. The number of benzene rings is 1. The van der Waals surface area contributed by atoms with Crippen LogP contribution in [0.3, 0.4) is 0 Å². The molecule has 0 saturated carbocycles. The maximum Gasteiger partial charge on any atom is 0.237 e. The Morgan fingerprint density at radius 2 is 1.78 bits per heavy atom. The molecule has 0 N–H and O–H groups in total. The number of allylic oxidation sites excluding steroid dienone is 1. The van der Waals surface area contributed by atoms with Crippen molar-refractivity contribution < 1.29 is 13.4 Å². The Morgan fingerprint density at radius 1 is 1.12 bits per heavy atom. The predicted octanol–water partition coefficient (Wildman–Crippen LogP) is 4.80. The first-order valence-electron chi connectivity index (χ1n) is 10.7. The van der Waals surface area contributed by atoms with Crippen LogP contribution in [0.1, 0.15) is 56.7 Å². The van der Waals surface area contributed by atoms with Gasteiger partial charge in [-0.2, -0.15) is 0 Å². The summed E-state index contributed by atoms with van der Waals surface area (Å²) in [5.41, 5.74) is 3.15. The van der Waals surface area contributed by atoms with Crippen LogP contribution < -0.4 is 4.31 Å². The number of carbonyl (C=O) groups excluding carboxylic acids is 1. The van der Waals surface area contributed by atoms with Crippen LogP contribution in [0, 0.1) is 5.82 Å². The summed E-state index contributed by atoms with van der Waals surface area (Å²) in [6, 6.07) is 6.20. The number of rotatable bonds is 10. The summed E-state index contributed by atoms with van der Waals surface area (Å²) >= 11 is 0. The Bertz CT molecular complexity index is 975. The summed E-state index contributed by atoms with van der Waals surface area (Å²) in [7, 11) is 3.95. The molecule has 174 valence electrons. The first kappa shape index (κ1) is 25.6. The van der Waals surface area contributed by atoms with Gasteiger partial charge in [0.05, 0.1) is 11.4 Å². The highest BCUT2D eigenvalue weighted by Gasteiger charge is 2.19. The molecule has 0 radical (unpaired) electrons. The standard InChI is InChI=1S/C24H33FN4O2S/c1-17(2)22-20(11-9-7-8-10-12-21(30)28(3)4)23(18-13-15-19(25)16-14-18)27-24(26-22)29(5)32(6)31/h9,11,13-17H,7-8,10,12H2,1-6H3/b11-9+. The Labute approximate surface area is 193 Å². The van der Waals surface area contributed by atoms with E-state index in [0.29, 0.717) is 18.1 Å². The van der Waals surface area contributed by atoms with Gasteiger partial charge in [-0.1, -0.05) is 26.0 Å². The van der Waals surface area contributed by atoms with Crippen molar-refractivity contribution in [2.24, 2.45) is 0 Å². The number of hydrogen-bond acceptors (Lipinski definition) is 4. The monoisotopic (exact) mass is 460 g/mol. The maximum absolute atomic E-state index is 13.5. The van der Waals surface area contributed by atoms with Gasteiger partial charge in [0.25, 0.3) is 0 Å². The molecule has 1 atom stereocenters. The van der Waals surface area contributed by atoms with E-state index in [1.807, 2.05) is 19.9 Å². The van der Waals surface area contributed by atoms with Crippen LogP contribution in [0.25, 0.3) is 17.3 Å². The third-order valence-electron chi connectivity index (χ3n) is 5.09. The van der Waals surface area contributed by atoms with Crippen molar-refractivity contribution in [2.45, 2.75) is 45.4 Å². The van der Waals surface area contributed by atoms with Gasteiger partial charge in [-0.15, -0.1) is 0 Å². The summed E-state index contributed by atoms with van der Waals surface area (Å²) in [4.78, 5) is 22.7. The van der Waals surface area contributed by atoms with Crippen molar-refractivity contribution in [3.05, 3.63) is 47.4 Å². The molecule has 1 aromatic carbocycles. The lowest BCUT2D eigenvalue weighted by atomic mass is 9.97. The number of nitrogens with zero attached hydrogens (tertiary/aromatic N) is 4. The zero-order valence-electron chi connectivity index (χ0n) is 19.8. The molecule has 32 heavy (non-hydrogen) atoms. The van der Waals surface area contributed by atoms with Crippen LogP contribution in [0.15, 0.2) is 30.3 Å². The molecule has 8 heteroatoms. The van der Waals surface area contributed by atoms with Crippen LogP contribution in [0.5, 0.6) is 0 Å². The second-order valence-electron chi connectivity index (χ2n) is 8.19. The van der Waals surface area contributed by atoms with Crippen LogP contribution in [0.2, 0.25) is 0 Å². The van der Waals surface area contributed by atoms with Crippen molar-refractivity contribution >= 4 is 28.9 Å². The third kappa shape index (κ3) is 6.95. The summed E-state index contributed by atoms with van der Waals surface area (Å²) < 4.78 is 27.1. The van der Waals surface area contributed by atoms with E-state index in [1.165, 1.54) is 16.4 Å². The van der Waals surface area contributed by atoms with Gasteiger partial charge in [0, 0.05) is 44.9 Å². The topological polar surface area (TPSA) is 66.4 Å². The van der Waals surface area contributed by atoms with Crippen molar-refractivity contribution in [3.63, 3.8) is 0 Å². The minimum absolute atomic E-state index is 0.104. The number of unbranched alkanes of at least 4 members (excludes halogenated alkanes) is 2. The largest absolute Gasteiger partial charge is 0.349 e. The lowest BCUT2D eigenvalue weighted by Crippen LogP contribution is -2.22. The van der Waals surface area contributed by atoms with E-state index in [4.69, 9.17) is 9.97 Å². The zero-order chi connectivity index (χ0) is 23.8. The van der Waals surface area contributed by atoms with E-state index in [9.17, 15) is 13.4 Å². The van der Waals surface area contributed by atoms with E-state index in [-0.39, 0.29) is 17.6 Å². The molecule has 0 aliphatic rings. The zero-order valence-corrected chi connectivity index (χ0v) is 20.6. The van der Waals surface area contributed by atoms with Gasteiger partial charge in [0.1, 0.15) is 16.8 Å². The molecule has 1 amide bonds. The fourth-order valence-electron chi connectivity index (χ4n) is 3.13. The Hall–Kier alpha value is -2.61. The lowest BCUT2D eigenvalue weighted by Gasteiger charge is -2.20. The van der Waals surface area contributed by atoms with Crippen molar-refractivity contribution in [2.75, 3.05) is 31.7 Å². The van der Waals surface area contributed by atoms with Crippen LogP contribution in [0.4, 0.5) is 10.3 Å². The van der Waals surface area contributed by atoms with E-state index < -0.39 is 11.0 Å². The highest BCUT2D eigenvalue weighted by Crippen LogP contribution is 2.31. The van der Waals surface area contributed by atoms with E-state index in [2.05, 4.69) is 6.08 Å². The predicted molar refractivity (Wildman–Crippen MR) is 130 cm³/mol. The maximum atomic E-state index is 13.5. The van der Waals surface area contributed by atoms with Crippen LogP contribution in [-0.4, -0.2) is 52.4 Å². The molecule has 1 unspecified atom stereocenters. The van der Waals surface area contributed by atoms with Gasteiger partial charge >= 0.3 is 0 Å². The highest BCUT2D eigenvalue weighted by atomic mass is 32.2. The first-order chi connectivity index (χ1) is 15.1. The van der Waals surface area contributed by atoms with Crippen LogP contribution >= 0.6 is 0 Å². The summed E-state index contributed by atoms with van der Waals surface area (Å²) in [6.07, 6.45) is 8.73. The second-order valence-corrected chi connectivity index (χ2v) is 9.59. The molecule has 0 aliphatic heterocycles. The summed E-state index contributed by atoms with van der Waals surface area (Å²) in [5, 5.41) is 0. The SMILES string of the molecule is CC(C)c1nc(N(C)S(C)=O)nc(-c2ccc(F)cc2)c1/C=C/CCCCC(=O)N(C)C. The van der Waals surface area contributed by atoms with E-state index in [0.717, 1.165) is 36.1 Å². The first-order valence-corrected chi connectivity index (χ1v) is 12.2. The fourth-order valence-corrected chi connectivity index (χ4v) is 3.44. The van der Waals surface area contributed by atoms with Gasteiger partial charge < -0.3 is 4.90 Å². The van der Waals surface area contributed by atoms with Gasteiger partial charge in [0.15, 0.2) is 0 Å². The number of aromatic nitrogens is 2. The third-order valence-corrected chi connectivity index (χ3v) is 6.02. The number of amides is 1. The van der Waals surface area contributed by atoms with Crippen LogP contribution in [-0.2, 0) is 15.8 Å². The number of hydrogen-bond donors (Lipinski definition) is 0. The molecule has 0 aliphatic carbocycles. The molecule has 2 rings (SSSR count). The molecular weight excluding hydrogens is 427 g/mol. The molecule has 0 spiro atoms. The number of halogens is 1. The number of anilines is 1. The average Bonchev–Trinajstić information content (AvgIpc) is 2.75. The molecule has 0 saturated heterocycles. The normalized spacial score (nSPS) is 12.4. The highest BCUT2D eigenvalue weighted by molar-refractivity contribution is 7.85. The lowest BCUT2D eigenvalue weighted by molar-refractivity contribution is -0.128. The Balaban J connectivity index is 2.39. The Morgan fingerprint density at radius 3 is 2.34 bits per heavy atom. The molecule has 6 nitrogen and oxygen atoms in total. The van der Waals surface area contributed by atoms with Gasteiger partial charge in [0.2, 0.25) is 11.9 Å². The quantitative estimate of drug-likeness (QED) is 0.478. The van der Waals surface area contributed by atoms with Crippen molar-refractivity contribution in [3.8, 4) is 11.3 Å². The summed E-state index contributed by atoms with van der Waals surface area (Å²) in [6.45, 7) is 4.10. The van der Waals surface area contributed by atoms with Crippen molar-refractivity contribution in [1.29, 1.82) is 0 Å². The van der Waals surface area contributed by atoms with Gasteiger partial charge in [-0.05, 0) is 49.4 Å². The Kier molecular flexibility index (Phi) is 9.50. The average molecular weight is 461 g/mol. The van der Waals surface area contributed by atoms with E-state index >= 15 is 0 Å². The smallest absolute Gasteiger partial charge is 0.237 e. The molecular formula is C24H33FN4O2S. The minimum atomic E-state index is -1.27.